The van der Waals surface area contributed by atoms with Gasteiger partial charge in [-0.25, -0.2) is 5.43 Å². The van der Waals surface area contributed by atoms with E-state index < -0.39 is 0 Å². The van der Waals surface area contributed by atoms with E-state index in [-0.39, 0.29) is 17.9 Å². The first kappa shape index (κ1) is 16.7. The summed E-state index contributed by atoms with van der Waals surface area (Å²) in [6, 6.07) is 17.3. The van der Waals surface area contributed by atoms with Gasteiger partial charge in [0.05, 0.1) is 6.21 Å². The maximum absolute atomic E-state index is 11.8. The van der Waals surface area contributed by atoms with E-state index in [0.29, 0.717) is 0 Å². The summed E-state index contributed by atoms with van der Waals surface area (Å²) in [6.45, 7) is 6.26. The first-order valence-corrected chi connectivity index (χ1v) is 7.56. The zero-order valence-corrected chi connectivity index (χ0v) is 13.7. The summed E-state index contributed by atoms with van der Waals surface area (Å²) >= 11 is 0. The lowest BCUT2D eigenvalue weighted by Crippen LogP contribution is -2.25. The van der Waals surface area contributed by atoms with Gasteiger partial charge in [-0.15, -0.1) is 0 Å². The van der Waals surface area contributed by atoms with Crippen LogP contribution in [0.5, 0.6) is 5.75 Å². The molecule has 1 N–H and O–H groups in total. The van der Waals surface area contributed by atoms with E-state index in [1.165, 1.54) is 0 Å². The molecule has 120 valence electrons. The molecule has 4 nitrogen and oxygen atoms in total. The number of hydrazone groups is 1. The van der Waals surface area contributed by atoms with Gasteiger partial charge in [0.1, 0.15) is 5.75 Å². The average Bonchev–Trinajstić information content (AvgIpc) is 2.53. The van der Waals surface area contributed by atoms with E-state index in [1.54, 1.807) is 6.21 Å². The lowest BCUT2D eigenvalue weighted by atomic mass is 9.86. The van der Waals surface area contributed by atoms with Crippen LogP contribution in [0.2, 0.25) is 0 Å². The van der Waals surface area contributed by atoms with Crippen molar-refractivity contribution in [1.29, 1.82) is 0 Å². The average molecular weight is 310 g/mol. The zero-order valence-electron chi connectivity index (χ0n) is 13.7. The van der Waals surface area contributed by atoms with Crippen molar-refractivity contribution in [1.82, 2.24) is 5.43 Å². The fourth-order valence-electron chi connectivity index (χ4n) is 2.11. The van der Waals surface area contributed by atoms with E-state index in [2.05, 4.69) is 31.3 Å². The van der Waals surface area contributed by atoms with Gasteiger partial charge in [-0.3, -0.25) is 4.79 Å². The van der Waals surface area contributed by atoms with Crippen molar-refractivity contribution in [3.63, 3.8) is 0 Å². The first-order valence-electron chi connectivity index (χ1n) is 7.56. The zero-order chi connectivity index (χ0) is 16.7. The molecule has 23 heavy (non-hydrogen) atoms. The maximum Gasteiger partial charge on any atom is 0.277 e. The van der Waals surface area contributed by atoms with Crippen molar-refractivity contribution >= 4 is 12.1 Å². The molecule has 0 spiro atoms. The quantitative estimate of drug-likeness (QED) is 0.678. The van der Waals surface area contributed by atoms with Gasteiger partial charge in [0, 0.05) is 0 Å². The predicted molar refractivity (Wildman–Crippen MR) is 92.8 cm³/mol. The highest BCUT2D eigenvalue weighted by Gasteiger charge is 2.18. The summed E-state index contributed by atoms with van der Waals surface area (Å²) in [5.41, 5.74) is 4.41. The van der Waals surface area contributed by atoms with Gasteiger partial charge in [-0.1, -0.05) is 69.3 Å². The third-order valence-corrected chi connectivity index (χ3v) is 3.26. The minimum Gasteiger partial charge on any atom is -0.483 e. The Morgan fingerprint density at radius 1 is 1.09 bits per heavy atom. The number of ether oxygens (including phenoxy) is 1. The number of carbonyl (C=O) groups is 1. The lowest BCUT2D eigenvalue weighted by molar-refractivity contribution is -0.123. The standard InChI is InChI=1S/C19H22N2O2/c1-19(2,3)16-11-7-8-12-17(16)23-14-18(22)21-20-13-15-9-5-4-6-10-15/h4-13H,14H2,1-3H3,(H,21,22). The predicted octanol–water partition coefficient (Wildman–Crippen LogP) is 3.51. The molecule has 0 radical (unpaired) electrons. The third kappa shape index (κ3) is 5.25. The molecule has 0 aliphatic heterocycles. The first-order chi connectivity index (χ1) is 11.0. The molecule has 0 aliphatic carbocycles. The Bertz CT molecular complexity index is 673. The van der Waals surface area contributed by atoms with E-state index in [4.69, 9.17) is 4.74 Å². The molecule has 2 aromatic rings. The largest absolute Gasteiger partial charge is 0.483 e. The maximum atomic E-state index is 11.8. The molecule has 0 saturated carbocycles. The number of nitrogens with zero attached hydrogens (tertiary/aromatic N) is 1. The van der Waals surface area contributed by atoms with Crippen molar-refractivity contribution < 1.29 is 9.53 Å². The Morgan fingerprint density at radius 3 is 2.43 bits per heavy atom. The molecule has 0 unspecified atom stereocenters. The van der Waals surface area contributed by atoms with Crippen molar-refractivity contribution in [3.8, 4) is 5.75 Å². The Hall–Kier alpha value is -2.62. The Kier molecular flexibility index (Phi) is 5.52. The van der Waals surface area contributed by atoms with Crippen LogP contribution in [0.3, 0.4) is 0 Å². The van der Waals surface area contributed by atoms with Gasteiger partial charge < -0.3 is 4.74 Å². The van der Waals surface area contributed by atoms with Crippen LogP contribution in [-0.4, -0.2) is 18.7 Å². The van der Waals surface area contributed by atoms with Crippen LogP contribution < -0.4 is 10.2 Å². The van der Waals surface area contributed by atoms with Crippen LogP contribution in [0, 0.1) is 0 Å². The number of nitrogens with one attached hydrogen (secondary N) is 1. The molecule has 0 heterocycles. The molecule has 0 bridgehead atoms. The number of benzene rings is 2. The highest BCUT2D eigenvalue weighted by Crippen LogP contribution is 2.30. The number of para-hydroxylation sites is 1. The smallest absolute Gasteiger partial charge is 0.277 e. The summed E-state index contributed by atoms with van der Waals surface area (Å²) in [4.78, 5) is 11.8. The molecule has 0 fully saturated rings. The number of carbonyl (C=O) groups excluding carboxylic acids is 1. The molecule has 2 aromatic carbocycles. The topological polar surface area (TPSA) is 50.7 Å². The van der Waals surface area contributed by atoms with Crippen LogP contribution in [0.4, 0.5) is 0 Å². The second kappa shape index (κ2) is 7.58. The number of amides is 1. The molecule has 0 aliphatic rings. The molecule has 0 atom stereocenters. The van der Waals surface area contributed by atoms with Gasteiger partial charge >= 0.3 is 0 Å². The van der Waals surface area contributed by atoms with Gasteiger partial charge in [0.2, 0.25) is 0 Å². The molecule has 0 saturated heterocycles. The summed E-state index contributed by atoms with van der Waals surface area (Å²) in [6.07, 6.45) is 1.60. The summed E-state index contributed by atoms with van der Waals surface area (Å²) in [5, 5.41) is 3.92. The van der Waals surface area contributed by atoms with Crippen molar-refractivity contribution in [2.45, 2.75) is 26.2 Å². The van der Waals surface area contributed by atoms with Crippen LogP contribution in [0.25, 0.3) is 0 Å². The van der Waals surface area contributed by atoms with Crippen LogP contribution in [-0.2, 0) is 10.2 Å². The minimum absolute atomic E-state index is 0.0431. The van der Waals surface area contributed by atoms with Crippen LogP contribution >= 0.6 is 0 Å². The van der Waals surface area contributed by atoms with Crippen molar-refractivity contribution in [2.24, 2.45) is 5.10 Å². The Morgan fingerprint density at radius 2 is 1.74 bits per heavy atom. The molecule has 1 amide bonds. The van der Waals surface area contributed by atoms with Gasteiger partial charge in [-0.2, -0.15) is 5.10 Å². The van der Waals surface area contributed by atoms with Crippen molar-refractivity contribution in [3.05, 3.63) is 65.7 Å². The van der Waals surface area contributed by atoms with E-state index >= 15 is 0 Å². The highest BCUT2D eigenvalue weighted by molar-refractivity contribution is 5.82. The van der Waals surface area contributed by atoms with Crippen LogP contribution in [0.15, 0.2) is 59.7 Å². The van der Waals surface area contributed by atoms with Gasteiger partial charge in [-0.05, 0) is 22.6 Å². The van der Waals surface area contributed by atoms with E-state index in [9.17, 15) is 4.79 Å². The molecule has 2 rings (SSSR count). The summed E-state index contributed by atoms with van der Waals surface area (Å²) < 4.78 is 5.64. The van der Waals surface area contributed by atoms with E-state index in [1.807, 2.05) is 54.6 Å². The molecule has 4 heteroatoms. The lowest BCUT2D eigenvalue weighted by Gasteiger charge is -2.22. The summed E-state index contributed by atoms with van der Waals surface area (Å²) in [7, 11) is 0. The Balaban J connectivity index is 1.89. The van der Waals surface area contributed by atoms with E-state index in [0.717, 1.165) is 16.9 Å². The fourth-order valence-corrected chi connectivity index (χ4v) is 2.11. The SMILES string of the molecule is CC(C)(C)c1ccccc1OCC(=O)NN=Cc1ccccc1. The number of hydrogen-bond acceptors (Lipinski definition) is 3. The molecular formula is C19H22N2O2. The van der Waals surface area contributed by atoms with Crippen LogP contribution in [0.1, 0.15) is 31.9 Å². The summed E-state index contributed by atoms with van der Waals surface area (Å²) in [5.74, 6) is 0.433. The second-order valence-electron chi connectivity index (χ2n) is 6.24. The van der Waals surface area contributed by atoms with Crippen molar-refractivity contribution in [2.75, 3.05) is 6.61 Å². The minimum atomic E-state index is -0.291. The third-order valence-electron chi connectivity index (χ3n) is 3.26. The Labute approximate surface area is 137 Å². The second-order valence-corrected chi connectivity index (χ2v) is 6.24. The van der Waals surface area contributed by atoms with Gasteiger partial charge in [0.25, 0.3) is 5.91 Å². The molecule has 0 aromatic heterocycles. The number of hydrogen-bond donors (Lipinski definition) is 1. The number of rotatable bonds is 5. The highest BCUT2D eigenvalue weighted by atomic mass is 16.5. The normalized spacial score (nSPS) is 11.4. The fraction of sp³-hybridized carbons (Fsp3) is 0.263. The monoisotopic (exact) mass is 310 g/mol. The molecular weight excluding hydrogens is 288 g/mol. The van der Waals surface area contributed by atoms with Gasteiger partial charge in [0.15, 0.2) is 6.61 Å².